The first-order valence-corrected chi connectivity index (χ1v) is 10.3. The number of fused-ring (bicyclic) bond motifs is 1. The number of likely N-dealkylation sites (tertiary alicyclic amines) is 1. The van der Waals surface area contributed by atoms with Gasteiger partial charge in [0, 0.05) is 62.9 Å². The highest BCUT2D eigenvalue weighted by Crippen LogP contribution is 2.26. The van der Waals surface area contributed by atoms with E-state index in [0.29, 0.717) is 37.7 Å². The summed E-state index contributed by atoms with van der Waals surface area (Å²) in [5.74, 6) is 1.58. The molecule has 1 N–H and O–H groups in total. The highest BCUT2D eigenvalue weighted by atomic mass is 16.2. The fourth-order valence-corrected chi connectivity index (χ4v) is 4.14. The lowest BCUT2D eigenvalue weighted by Crippen LogP contribution is -2.37. The van der Waals surface area contributed by atoms with Gasteiger partial charge in [-0.15, -0.1) is 0 Å². The summed E-state index contributed by atoms with van der Waals surface area (Å²) in [4.78, 5) is 37.4. The van der Waals surface area contributed by atoms with Gasteiger partial charge in [0.15, 0.2) is 0 Å². The first-order chi connectivity index (χ1) is 13.9. The predicted octanol–water partition coefficient (Wildman–Crippen LogP) is 1.93. The Morgan fingerprint density at radius 1 is 1.28 bits per heavy atom. The number of carbonyl (C=O) groups is 2. The molecule has 0 unspecified atom stereocenters. The van der Waals surface area contributed by atoms with Gasteiger partial charge in [-0.25, -0.2) is 9.97 Å². The second kappa shape index (κ2) is 7.93. The zero-order valence-corrected chi connectivity index (χ0v) is 17.3. The quantitative estimate of drug-likeness (QED) is 0.852. The highest BCUT2D eigenvalue weighted by Gasteiger charge is 2.30. The molecule has 0 radical (unpaired) electrons. The third-order valence-corrected chi connectivity index (χ3v) is 5.72. The average molecular weight is 396 g/mol. The molecule has 154 valence electrons. The molecule has 2 aliphatic heterocycles. The Hall–Kier alpha value is -2.77. The molecule has 0 saturated carbocycles. The van der Waals surface area contributed by atoms with Gasteiger partial charge in [0.05, 0.1) is 5.69 Å². The molecule has 8 heteroatoms. The summed E-state index contributed by atoms with van der Waals surface area (Å²) < 4.78 is 0. The Balaban J connectivity index is 1.43. The van der Waals surface area contributed by atoms with E-state index in [1.54, 1.807) is 6.92 Å². The van der Waals surface area contributed by atoms with E-state index >= 15 is 0 Å². The van der Waals surface area contributed by atoms with Crippen LogP contribution in [0.1, 0.15) is 66.4 Å². The van der Waals surface area contributed by atoms with Crippen molar-refractivity contribution in [3.8, 4) is 0 Å². The summed E-state index contributed by atoms with van der Waals surface area (Å²) in [6.07, 6.45) is 4.34. The standard InChI is InChI=1S/C21H28N6O2/c1-13(2)8-17-9-19(25-24-17)21(29)27-7-5-18-16(12-27)10-22-20(23-18)15-4-6-26(11-15)14(3)28/h9-10,13,15H,4-8,11-12H2,1-3H3,(H,24,25)/t15-/m1/s1. The van der Waals surface area contributed by atoms with Crippen molar-refractivity contribution in [3.63, 3.8) is 0 Å². The summed E-state index contributed by atoms with van der Waals surface area (Å²) in [5.41, 5.74) is 3.47. The smallest absolute Gasteiger partial charge is 0.274 e. The summed E-state index contributed by atoms with van der Waals surface area (Å²) >= 11 is 0. The molecule has 0 aliphatic carbocycles. The van der Waals surface area contributed by atoms with Gasteiger partial charge in [-0.05, 0) is 24.8 Å². The largest absolute Gasteiger partial charge is 0.342 e. The molecule has 8 nitrogen and oxygen atoms in total. The zero-order chi connectivity index (χ0) is 20.5. The number of rotatable bonds is 4. The maximum Gasteiger partial charge on any atom is 0.274 e. The number of hydrogen-bond donors (Lipinski definition) is 1. The lowest BCUT2D eigenvalue weighted by atomic mass is 10.0. The van der Waals surface area contributed by atoms with Crippen LogP contribution in [-0.4, -0.2) is 61.4 Å². The molecule has 0 aromatic carbocycles. The van der Waals surface area contributed by atoms with Crippen molar-refractivity contribution in [1.82, 2.24) is 30.0 Å². The van der Waals surface area contributed by atoms with Crippen LogP contribution in [0.5, 0.6) is 0 Å². The average Bonchev–Trinajstić information content (AvgIpc) is 3.36. The van der Waals surface area contributed by atoms with Gasteiger partial charge < -0.3 is 9.80 Å². The third-order valence-electron chi connectivity index (χ3n) is 5.72. The minimum absolute atomic E-state index is 0.0566. The van der Waals surface area contributed by atoms with Crippen molar-refractivity contribution < 1.29 is 9.59 Å². The highest BCUT2D eigenvalue weighted by molar-refractivity contribution is 5.92. The van der Waals surface area contributed by atoms with Gasteiger partial charge >= 0.3 is 0 Å². The number of H-pyrrole nitrogens is 1. The number of nitrogens with one attached hydrogen (secondary N) is 1. The van der Waals surface area contributed by atoms with Gasteiger partial charge in [0.1, 0.15) is 11.5 Å². The van der Waals surface area contributed by atoms with Crippen LogP contribution in [-0.2, 0) is 24.2 Å². The van der Waals surface area contributed by atoms with Gasteiger partial charge in [-0.2, -0.15) is 5.10 Å². The molecule has 1 saturated heterocycles. The first-order valence-electron chi connectivity index (χ1n) is 10.3. The molecule has 0 spiro atoms. The third kappa shape index (κ3) is 4.16. The molecule has 1 fully saturated rings. The van der Waals surface area contributed by atoms with Gasteiger partial charge in [-0.1, -0.05) is 13.8 Å². The van der Waals surface area contributed by atoms with Crippen molar-refractivity contribution >= 4 is 11.8 Å². The number of hydrogen-bond acceptors (Lipinski definition) is 5. The first kappa shape index (κ1) is 19.5. The topological polar surface area (TPSA) is 95.1 Å². The van der Waals surface area contributed by atoms with Crippen LogP contribution in [0.3, 0.4) is 0 Å². The maximum absolute atomic E-state index is 12.8. The molecule has 1 atom stereocenters. The fraction of sp³-hybridized carbons (Fsp3) is 0.571. The van der Waals surface area contributed by atoms with Crippen LogP contribution in [0.25, 0.3) is 0 Å². The maximum atomic E-state index is 12.8. The number of aromatic nitrogens is 4. The molecule has 0 bridgehead atoms. The van der Waals surface area contributed by atoms with Gasteiger partial charge in [0.25, 0.3) is 5.91 Å². The second-order valence-electron chi connectivity index (χ2n) is 8.50. The molecule has 2 aromatic rings. The van der Waals surface area contributed by atoms with E-state index in [4.69, 9.17) is 4.98 Å². The molecular formula is C21H28N6O2. The molecule has 2 aromatic heterocycles. The lowest BCUT2D eigenvalue weighted by Gasteiger charge is -2.28. The van der Waals surface area contributed by atoms with Crippen molar-refractivity contribution in [2.45, 2.75) is 52.5 Å². The summed E-state index contributed by atoms with van der Waals surface area (Å²) in [6.45, 7) is 8.47. The van der Waals surface area contributed by atoms with E-state index in [0.717, 1.165) is 42.2 Å². The van der Waals surface area contributed by atoms with Crippen LogP contribution in [0, 0.1) is 5.92 Å². The fourth-order valence-electron chi connectivity index (χ4n) is 4.14. The van der Waals surface area contributed by atoms with E-state index in [9.17, 15) is 9.59 Å². The molecule has 4 rings (SSSR count). The number of amides is 2. The summed E-state index contributed by atoms with van der Waals surface area (Å²) in [6, 6.07) is 1.86. The van der Waals surface area contributed by atoms with Crippen molar-refractivity contribution in [3.05, 3.63) is 40.7 Å². The van der Waals surface area contributed by atoms with E-state index < -0.39 is 0 Å². The number of aromatic amines is 1. The van der Waals surface area contributed by atoms with Crippen molar-refractivity contribution in [1.29, 1.82) is 0 Å². The second-order valence-corrected chi connectivity index (χ2v) is 8.50. The van der Waals surface area contributed by atoms with Gasteiger partial charge in [-0.3, -0.25) is 14.7 Å². The van der Waals surface area contributed by atoms with E-state index in [2.05, 4.69) is 29.0 Å². The Labute approximate surface area is 170 Å². The minimum atomic E-state index is -0.0566. The van der Waals surface area contributed by atoms with Gasteiger partial charge in [0.2, 0.25) is 5.91 Å². The van der Waals surface area contributed by atoms with Crippen LogP contribution < -0.4 is 0 Å². The van der Waals surface area contributed by atoms with E-state index in [-0.39, 0.29) is 17.7 Å². The molecule has 29 heavy (non-hydrogen) atoms. The normalized spacial score (nSPS) is 19.0. The Kier molecular flexibility index (Phi) is 5.34. The summed E-state index contributed by atoms with van der Waals surface area (Å²) in [5, 5.41) is 7.18. The SMILES string of the molecule is CC(=O)N1CC[C@@H](c2ncc3c(n2)CCN(C(=O)c2cc(CC(C)C)[nH]n2)C3)C1. The summed E-state index contributed by atoms with van der Waals surface area (Å²) in [7, 11) is 0. The van der Waals surface area contributed by atoms with E-state index in [1.165, 1.54) is 0 Å². The lowest BCUT2D eigenvalue weighted by molar-refractivity contribution is -0.127. The Bertz CT molecular complexity index is 922. The molecule has 2 aliphatic rings. The van der Waals surface area contributed by atoms with Crippen molar-refractivity contribution in [2.24, 2.45) is 5.92 Å². The molecule has 4 heterocycles. The van der Waals surface area contributed by atoms with Crippen molar-refractivity contribution in [2.75, 3.05) is 19.6 Å². The minimum Gasteiger partial charge on any atom is -0.342 e. The Morgan fingerprint density at radius 2 is 2.10 bits per heavy atom. The zero-order valence-electron chi connectivity index (χ0n) is 17.3. The van der Waals surface area contributed by atoms with Crippen LogP contribution >= 0.6 is 0 Å². The van der Waals surface area contributed by atoms with E-state index in [1.807, 2.05) is 22.1 Å². The number of nitrogens with zero attached hydrogens (tertiary/aromatic N) is 5. The predicted molar refractivity (Wildman–Crippen MR) is 107 cm³/mol. The monoisotopic (exact) mass is 396 g/mol. The van der Waals surface area contributed by atoms with Crippen LogP contribution in [0.2, 0.25) is 0 Å². The van der Waals surface area contributed by atoms with Crippen LogP contribution in [0.15, 0.2) is 12.3 Å². The molecule has 2 amide bonds. The molecular weight excluding hydrogens is 368 g/mol. The Morgan fingerprint density at radius 3 is 2.83 bits per heavy atom. The number of carbonyl (C=O) groups excluding carboxylic acids is 2. The van der Waals surface area contributed by atoms with Crippen LogP contribution in [0.4, 0.5) is 0 Å².